The summed E-state index contributed by atoms with van der Waals surface area (Å²) in [7, 11) is 0. The molecule has 1 aromatic rings. The molecule has 1 aliphatic rings. The van der Waals surface area contributed by atoms with Gasteiger partial charge in [-0.1, -0.05) is 42.5 Å². The van der Waals surface area contributed by atoms with E-state index in [-0.39, 0.29) is 10.9 Å². The van der Waals surface area contributed by atoms with Crippen LogP contribution in [-0.4, -0.2) is 30.7 Å². The minimum absolute atomic E-state index is 0.0785. The van der Waals surface area contributed by atoms with E-state index in [1.807, 2.05) is 30.3 Å². The van der Waals surface area contributed by atoms with Crippen LogP contribution in [0, 0.1) is 11.8 Å². The number of amides is 1. The Hall–Kier alpha value is -1.46. The Morgan fingerprint density at radius 2 is 2.19 bits per heavy atom. The fourth-order valence-electron chi connectivity index (χ4n) is 2.51. The first kappa shape index (κ1) is 15.9. The van der Waals surface area contributed by atoms with Crippen LogP contribution < -0.4 is 11.1 Å². The van der Waals surface area contributed by atoms with Gasteiger partial charge >= 0.3 is 0 Å². The van der Waals surface area contributed by atoms with Gasteiger partial charge < -0.3 is 15.8 Å². The van der Waals surface area contributed by atoms with Crippen molar-refractivity contribution in [2.45, 2.75) is 19.3 Å². The Morgan fingerprint density at radius 3 is 2.81 bits per heavy atom. The first-order valence-electron chi connectivity index (χ1n) is 7.35. The van der Waals surface area contributed by atoms with E-state index in [1.54, 1.807) is 0 Å². The summed E-state index contributed by atoms with van der Waals surface area (Å²) < 4.78 is 5.33. The van der Waals surface area contributed by atoms with E-state index in [0.29, 0.717) is 18.9 Å². The van der Waals surface area contributed by atoms with Gasteiger partial charge in [0.1, 0.15) is 0 Å². The van der Waals surface area contributed by atoms with Crippen LogP contribution in [0.1, 0.15) is 18.4 Å². The lowest BCUT2D eigenvalue weighted by Crippen LogP contribution is -2.39. The monoisotopic (exact) mass is 306 g/mol. The lowest BCUT2D eigenvalue weighted by Gasteiger charge is -2.16. The van der Waals surface area contributed by atoms with Crippen molar-refractivity contribution in [3.05, 3.63) is 35.9 Å². The number of hydrogen-bond donors (Lipinski definition) is 2. The van der Waals surface area contributed by atoms with Crippen LogP contribution in [-0.2, 0) is 16.0 Å². The summed E-state index contributed by atoms with van der Waals surface area (Å²) in [4.78, 5) is 12.5. The Bertz CT molecular complexity index is 472. The zero-order chi connectivity index (χ0) is 15.1. The molecule has 0 saturated carbocycles. The molecule has 1 aromatic carbocycles. The molecule has 0 aliphatic carbocycles. The Kier molecular flexibility index (Phi) is 6.14. The molecule has 2 unspecified atom stereocenters. The Morgan fingerprint density at radius 1 is 1.43 bits per heavy atom. The number of benzene rings is 1. The van der Waals surface area contributed by atoms with Crippen molar-refractivity contribution in [1.29, 1.82) is 0 Å². The molecule has 0 spiro atoms. The van der Waals surface area contributed by atoms with Gasteiger partial charge in [0, 0.05) is 19.8 Å². The van der Waals surface area contributed by atoms with Gasteiger partial charge in [0.05, 0.1) is 10.9 Å². The maximum absolute atomic E-state index is 12.3. The highest BCUT2D eigenvalue weighted by Gasteiger charge is 2.22. The summed E-state index contributed by atoms with van der Waals surface area (Å²) in [6, 6.07) is 9.81. The molecule has 114 valence electrons. The van der Waals surface area contributed by atoms with Crippen molar-refractivity contribution >= 4 is 23.1 Å². The summed E-state index contributed by atoms with van der Waals surface area (Å²) in [6.45, 7) is 2.29. The van der Waals surface area contributed by atoms with Gasteiger partial charge in [0.15, 0.2) is 0 Å². The average molecular weight is 306 g/mol. The van der Waals surface area contributed by atoms with Crippen LogP contribution in [0.15, 0.2) is 30.3 Å². The molecular formula is C16H22N2O2S. The third kappa shape index (κ3) is 5.10. The summed E-state index contributed by atoms with van der Waals surface area (Å²) in [5.74, 6) is 0.0372. The quantitative estimate of drug-likeness (QED) is 0.752. The van der Waals surface area contributed by atoms with E-state index in [1.165, 1.54) is 0 Å². The van der Waals surface area contributed by atoms with E-state index in [2.05, 4.69) is 5.32 Å². The van der Waals surface area contributed by atoms with Crippen LogP contribution in [0.4, 0.5) is 0 Å². The Balaban J connectivity index is 1.82. The van der Waals surface area contributed by atoms with Gasteiger partial charge in [-0.2, -0.15) is 0 Å². The third-order valence-electron chi connectivity index (χ3n) is 3.82. The molecule has 0 aromatic heterocycles. The van der Waals surface area contributed by atoms with Crippen molar-refractivity contribution < 1.29 is 9.53 Å². The number of rotatable bonds is 7. The van der Waals surface area contributed by atoms with Gasteiger partial charge in [-0.3, -0.25) is 4.79 Å². The van der Waals surface area contributed by atoms with Crippen molar-refractivity contribution in [3.63, 3.8) is 0 Å². The summed E-state index contributed by atoms with van der Waals surface area (Å²) in [5.41, 5.74) is 6.79. The normalized spacial score (nSPS) is 19.1. The molecular weight excluding hydrogens is 284 g/mol. The average Bonchev–Trinajstić information content (AvgIpc) is 2.98. The second-order valence-electron chi connectivity index (χ2n) is 5.45. The number of nitrogens with one attached hydrogen (secondary N) is 1. The molecule has 1 aliphatic heterocycles. The van der Waals surface area contributed by atoms with Crippen LogP contribution in [0.25, 0.3) is 0 Å². The zero-order valence-corrected chi connectivity index (χ0v) is 12.9. The fraction of sp³-hybridized carbons (Fsp3) is 0.500. The number of thiocarbonyl (C=S) groups is 1. The van der Waals surface area contributed by atoms with Crippen molar-refractivity contribution in [1.82, 2.24) is 5.32 Å². The van der Waals surface area contributed by atoms with E-state index < -0.39 is 5.92 Å². The van der Waals surface area contributed by atoms with Gasteiger partial charge in [-0.05, 0) is 30.7 Å². The molecule has 4 nitrogen and oxygen atoms in total. The molecule has 2 rings (SSSR count). The highest BCUT2D eigenvalue weighted by Crippen LogP contribution is 2.15. The standard InChI is InChI=1S/C16H22N2O2S/c17-15(21)14(10-12-4-2-1-3-5-12)16(19)18-8-6-13-7-9-20-11-13/h1-5,13-14H,6-11H2,(H2,17,21)(H,18,19). The van der Waals surface area contributed by atoms with Crippen LogP contribution in [0.5, 0.6) is 0 Å². The predicted molar refractivity (Wildman–Crippen MR) is 87.0 cm³/mol. The van der Waals surface area contributed by atoms with E-state index in [9.17, 15) is 4.79 Å². The van der Waals surface area contributed by atoms with Crippen molar-refractivity contribution in [2.75, 3.05) is 19.8 Å². The highest BCUT2D eigenvalue weighted by molar-refractivity contribution is 7.80. The number of hydrogen-bond acceptors (Lipinski definition) is 3. The Labute approximate surface area is 131 Å². The van der Waals surface area contributed by atoms with E-state index >= 15 is 0 Å². The first-order chi connectivity index (χ1) is 10.2. The smallest absolute Gasteiger partial charge is 0.230 e. The molecule has 2 atom stereocenters. The minimum atomic E-state index is -0.442. The molecule has 1 amide bonds. The summed E-state index contributed by atoms with van der Waals surface area (Å²) in [6.07, 6.45) is 2.58. The summed E-state index contributed by atoms with van der Waals surface area (Å²) in [5, 5.41) is 2.95. The van der Waals surface area contributed by atoms with Crippen LogP contribution in [0.3, 0.4) is 0 Å². The molecule has 1 saturated heterocycles. The number of carbonyl (C=O) groups excluding carboxylic acids is 1. The van der Waals surface area contributed by atoms with Gasteiger partial charge in [0.2, 0.25) is 5.91 Å². The molecule has 1 heterocycles. The third-order valence-corrected chi connectivity index (χ3v) is 4.10. The largest absolute Gasteiger partial charge is 0.393 e. The van der Waals surface area contributed by atoms with Crippen LogP contribution in [0.2, 0.25) is 0 Å². The number of carbonyl (C=O) groups is 1. The van der Waals surface area contributed by atoms with Crippen LogP contribution >= 0.6 is 12.2 Å². The SMILES string of the molecule is NC(=S)C(Cc1ccccc1)C(=O)NCCC1CCOC1. The molecule has 5 heteroatoms. The van der Waals surface area contributed by atoms with Gasteiger partial charge in [-0.15, -0.1) is 0 Å². The second kappa shape index (κ2) is 8.10. The summed E-state index contributed by atoms with van der Waals surface area (Å²) >= 11 is 5.05. The number of ether oxygens (including phenoxy) is 1. The lowest BCUT2D eigenvalue weighted by molar-refractivity contribution is -0.123. The van der Waals surface area contributed by atoms with Crippen molar-refractivity contribution in [2.24, 2.45) is 17.6 Å². The minimum Gasteiger partial charge on any atom is -0.393 e. The van der Waals surface area contributed by atoms with E-state index in [4.69, 9.17) is 22.7 Å². The predicted octanol–water partition coefficient (Wildman–Crippen LogP) is 1.67. The fourth-order valence-corrected chi connectivity index (χ4v) is 2.70. The molecule has 21 heavy (non-hydrogen) atoms. The maximum Gasteiger partial charge on any atom is 0.230 e. The number of nitrogens with two attached hydrogens (primary N) is 1. The molecule has 1 fully saturated rings. The van der Waals surface area contributed by atoms with Crippen molar-refractivity contribution in [3.8, 4) is 0 Å². The van der Waals surface area contributed by atoms with Gasteiger partial charge in [-0.25, -0.2) is 0 Å². The highest BCUT2D eigenvalue weighted by atomic mass is 32.1. The molecule has 0 bridgehead atoms. The maximum atomic E-state index is 12.3. The van der Waals surface area contributed by atoms with E-state index in [0.717, 1.165) is 31.6 Å². The zero-order valence-electron chi connectivity index (χ0n) is 12.1. The molecule has 0 radical (unpaired) electrons. The lowest BCUT2D eigenvalue weighted by atomic mass is 9.98. The topological polar surface area (TPSA) is 64.4 Å². The first-order valence-corrected chi connectivity index (χ1v) is 7.76. The second-order valence-corrected chi connectivity index (χ2v) is 5.93. The molecule has 3 N–H and O–H groups in total. The van der Waals surface area contributed by atoms with Gasteiger partial charge in [0.25, 0.3) is 0 Å².